The molecule has 1 aromatic rings. The van der Waals surface area contributed by atoms with Crippen molar-refractivity contribution in [1.82, 2.24) is 13.5 Å². The van der Waals surface area contributed by atoms with Crippen LogP contribution in [-0.4, -0.2) is 79.3 Å². The molecule has 0 saturated carbocycles. The van der Waals surface area contributed by atoms with Crippen molar-refractivity contribution in [3.63, 3.8) is 0 Å². The number of rotatable bonds is 3. The Labute approximate surface area is 149 Å². The molecule has 0 aliphatic carbocycles. The van der Waals surface area contributed by atoms with Crippen LogP contribution in [0.25, 0.3) is 0 Å². The van der Waals surface area contributed by atoms with Crippen molar-refractivity contribution in [3.05, 3.63) is 35.9 Å². The summed E-state index contributed by atoms with van der Waals surface area (Å²) in [5.41, 5.74) is 0.634. The lowest BCUT2D eigenvalue weighted by Gasteiger charge is -2.40. The molecule has 2 heterocycles. The van der Waals surface area contributed by atoms with E-state index >= 15 is 0 Å². The number of amides is 1. The van der Waals surface area contributed by atoms with E-state index in [0.29, 0.717) is 44.8 Å². The van der Waals surface area contributed by atoms with E-state index in [9.17, 15) is 13.2 Å². The fraction of sp³-hybridized carbons (Fsp3) is 0.588. The lowest BCUT2D eigenvalue weighted by molar-refractivity contribution is -0.0457. The molecule has 0 bridgehead atoms. The predicted octanol–water partition coefficient (Wildman–Crippen LogP) is 0.798. The Morgan fingerprint density at radius 1 is 0.960 bits per heavy atom. The summed E-state index contributed by atoms with van der Waals surface area (Å²) in [5, 5.41) is 0. The summed E-state index contributed by atoms with van der Waals surface area (Å²) in [5.74, 6) is -0.0498. The van der Waals surface area contributed by atoms with Gasteiger partial charge in [0.05, 0.1) is 12.2 Å². The summed E-state index contributed by atoms with van der Waals surface area (Å²) in [6, 6.07) is 9.08. The van der Waals surface area contributed by atoms with E-state index in [1.807, 2.05) is 32.0 Å². The van der Waals surface area contributed by atoms with Gasteiger partial charge in [0.1, 0.15) is 0 Å². The molecule has 2 aliphatic rings. The Morgan fingerprint density at radius 3 is 2.08 bits per heavy atom. The van der Waals surface area contributed by atoms with Crippen molar-refractivity contribution in [1.29, 1.82) is 0 Å². The van der Waals surface area contributed by atoms with Gasteiger partial charge in [0.2, 0.25) is 0 Å². The van der Waals surface area contributed by atoms with Crippen molar-refractivity contribution >= 4 is 16.1 Å². The molecule has 0 radical (unpaired) electrons. The number of carbonyl (C=O) groups is 1. The minimum atomic E-state index is -3.52. The minimum absolute atomic E-state index is 0.0498. The Morgan fingerprint density at radius 2 is 1.52 bits per heavy atom. The number of morpholine rings is 1. The first-order valence-electron chi connectivity index (χ1n) is 8.63. The molecule has 8 heteroatoms. The van der Waals surface area contributed by atoms with E-state index in [0.717, 1.165) is 0 Å². The molecule has 0 aromatic heterocycles. The molecular weight excluding hydrogens is 342 g/mol. The minimum Gasteiger partial charge on any atom is -0.373 e. The second kappa shape index (κ2) is 7.41. The normalized spacial score (nSPS) is 26.6. The van der Waals surface area contributed by atoms with E-state index in [1.54, 1.807) is 17.0 Å². The first kappa shape index (κ1) is 18.3. The Hall–Kier alpha value is -1.48. The van der Waals surface area contributed by atoms with Gasteiger partial charge in [-0.2, -0.15) is 17.0 Å². The Bertz CT molecular complexity index is 692. The molecule has 2 fully saturated rings. The van der Waals surface area contributed by atoms with Crippen LogP contribution in [0.3, 0.4) is 0 Å². The highest BCUT2D eigenvalue weighted by Crippen LogP contribution is 2.19. The average Bonchev–Trinajstić information content (AvgIpc) is 2.61. The number of carbonyl (C=O) groups excluding carboxylic acids is 1. The molecule has 0 N–H and O–H groups in total. The maximum Gasteiger partial charge on any atom is 0.282 e. The highest BCUT2D eigenvalue weighted by Gasteiger charge is 2.37. The zero-order chi connectivity index (χ0) is 18.0. The van der Waals surface area contributed by atoms with Gasteiger partial charge >= 0.3 is 0 Å². The maximum atomic E-state index is 12.9. The van der Waals surface area contributed by atoms with Gasteiger partial charge in [-0.15, -0.1) is 0 Å². The summed E-state index contributed by atoms with van der Waals surface area (Å²) in [7, 11) is -3.52. The van der Waals surface area contributed by atoms with Crippen LogP contribution in [0.4, 0.5) is 0 Å². The van der Waals surface area contributed by atoms with Crippen LogP contribution in [0.2, 0.25) is 0 Å². The predicted molar refractivity (Wildman–Crippen MR) is 94.4 cm³/mol. The second-order valence-corrected chi connectivity index (χ2v) is 8.57. The number of nitrogens with zero attached hydrogens (tertiary/aromatic N) is 3. The summed E-state index contributed by atoms with van der Waals surface area (Å²) in [6.45, 7) is 5.96. The fourth-order valence-electron chi connectivity index (χ4n) is 3.37. The van der Waals surface area contributed by atoms with Gasteiger partial charge in [-0.05, 0) is 26.0 Å². The van der Waals surface area contributed by atoms with Crippen LogP contribution in [0.15, 0.2) is 30.3 Å². The van der Waals surface area contributed by atoms with Crippen molar-refractivity contribution in [3.8, 4) is 0 Å². The first-order chi connectivity index (χ1) is 11.9. The first-order valence-corrected chi connectivity index (χ1v) is 10.0. The second-order valence-electron chi connectivity index (χ2n) is 6.64. The highest BCUT2D eigenvalue weighted by atomic mass is 32.2. The Balaban J connectivity index is 1.62. The van der Waals surface area contributed by atoms with Gasteiger partial charge in [-0.25, -0.2) is 0 Å². The van der Waals surface area contributed by atoms with Crippen LogP contribution >= 0.6 is 0 Å². The van der Waals surface area contributed by atoms with E-state index < -0.39 is 10.2 Å². The largest absolute Gasteiger partial charge is 0.373 e. The van der Waals surface area contributed by atoms with Gasteiger partial charge in [-0.3, -0.25) is 4.79 Å². The molecule has 2 unspecified atom stereocenters. The van der Waals surface area contributed by atoms with Crippen LogP contribution < -0.4 is 0 Å². The van der Waals surface area contributed by atoms with E-state index in [-0.39, 0.29) is 18.1 Å². The molecule has 0 spiro atoms. The van der Waals surface area contributed by atoms with Crippen LogP contribution in [0.5, 0.6) is 0 Å². The molecule has 138 valence electrons. The third kappa shape index (κ3) is 4.03. The topological polar surface area (TPSA) is 70.2 Å². The summed E-state index contributed by atoms with van der Waals surface area (Å²) in [6.07, 6.45) is -0.223. The molecule has 1 aromatic carbocycles. The quantitative estimate of drug-likeness (QED) is 0.792. The number of benzene rings is 1. The van der Waals surface area contributed by atoms with E-state index in [1.165, 1.54) is 8.61 Å². The number of hydrogen-bond acceptors (Lipinski definition) is 4. The molecule has 1 amide bonds. The SMILES string of the molecule is CC1CN(S(=O)(=O)N2CCN(C(=O)c3ccccc3)CC2)CC(C)O1. The van der Waals surface area contributed by atoms with E-state index in [2.05, 4.69) is 0 Å². The lowest BCUT2D eigenvalue weighted by Crippen LogP contribution is -2.57. The van der Waals surface area contributed by atoms with Gasteiger partial charge in [0.15, 0.2) is 0 Å². The Kier molecular flexibility index (Phi) is 5.43. The molecular formula is C17H25N3O4S. The van der Waals surface area contributed by atoms with Crippen LogP contribution in [0.1, 0.15) is 24.2 Å². The van der Waals surface area contributed by atoms with Crippen LogP contribution in [0, 0.1) is 0 Å². The van der Waals surface area contributed by atoms with Crippen molar-refractivity contribution < 1.29 is 17.9 Å². The third-order valence-corrected chi connectivity index (χ3v) is 6.55. The van der Waals surface area contributed by atoms with E-state index in [4.69, 9.17) is 4.74 Å². The van der Waals surface area contributed by atoms with Crippen LogP contribution in [-0.2, 0) is 14.9 Å². The molecule has 2 atom stereocenters. The van der Waals surface area contributed by atoms with Gasteiger partial charge in [-0.1, -0.05) is 18.2 Å². The standard InChI is InChI=1S/C17H25N3O4S/c1-14-12-20(13-15(2)24-14)25(22,23)19-10-8-18(9-11-19)17(21)16-6-4-3-5-7-16/h3-7,14-15H,8-13H2,1-2H3. The molecule has 25 heavy (non-hydrogen) atoms. The number of piperazine rings is 1. The van der Waals surface area contributed by atoms with Crippen molar-refractivity contribution in [2.24, 2.45) is 0 Å². The summed E-state index contributed by atoms with van der Waals surface area (Å²) < 4.78 is 34.3. The number of ether oxygens (including phenoxy) is 1. The summed E-state index contributed by atoms with van der Waals surface area (Å²) in [4.78, 5) is 14.2. The number of hydrogen-bond donors (Lipinski definition) is 0. The molecule has 3 rings (SSSR count). The molecule has 2 saturated heterocycles. The van der Waals surface area contributed by atoms with Gasteiger partial charge < -0.3 is 9.64 Å². The van der Waals surface area contributed by atoms with Crippen molar-refractivity contribution in [2.75, 3.05) is 39.3 Å². The molecule has 2 aliphatic heterocycles. The maximum absolute atomic E-state index is 12.9. The third-order valence-electron chi connectivity index (χ3n) is 4.59. The van der Waals surface area contributed by atoms with Gasteiger partial charge in [0, 0.05) is 44.8 Å². The fourth-order valence-corrected chi connectivity index (χ4v) is 5.12. The average molecular weight is 367 g/mol. The summed E-state index contributed by atoms with van der Waals surface area (Å²) >= 11 is 0. The lowest BCUT2D eigenvalue weighted by atomic mass is 10.2. The van der Waals surface area contributed by atoms with Crippen molar-refractivity contribution in [2.45, 2.75) is 26.1 Å². The zero-order valence-corrected chi connectivity index (χ0v) is 15.5. The smallest absolute Gasteiger partial charge is 0.282 e. The monoisotopic (exact) mass is 367 g/mol. The highest BCUT2D eigenvalue weighted by molar-refractivity contribution is 7.86. The van der Waals surface area contributed by atoms with Gasteiger partial charge in [0.25, 0.3) is 16.1 Å². The molecule has 7 nitrogen and oxygen atoms in total. The zero-order valence-electron chi connectivity index (χ0n) is 14.7.